The Bertz CT molecular complexity index is 2390. The molecule has 0 saturated carbocycles. The van der Waals surface area contributed by atoms with Crippen LogP contribution < -0.4 is 76.1 Å². The molecule has 11 atom stereocenters. The summed E-state index contributed by atoms with van der Waals surface area (Å²) in [6, 6.07) is -6.43. The Balaban J connectivity index is 3.23. The van der Waals surface area contributed by atoms with E-state index in [2.05, 4.69) is 58.2 Å². The van der Waals surface area contributed by atoms with E-state index in [-0.39, 0.29) is 62.7 Å². The summed E-state index contributed by atoms with van der Waals surface area (Å²) in [6.45, 7) is 2.75. The second-order valence-electron chi connectivity index (χ2n) is 19.7. The van der Waals surface area contributed by atoms with Gasteiger partial charge in [0.25, 0.3) is 0 Å². The number of hydrogen-bond donors (Lipinski definition) is 18. The SMILES string of the molecule is CC[C@H](C)[C@H](NC(=O)[C@H](CO)NC(=O)[C@H](Cc1ccccc1)NC(=O)[C@@H](N)C(C)C)C(=O)N[C@@H](CC(N)=O)C(=O)N[C@@H](CO)C(=O)N[C@@H](CCSC)C(=O)N[C@@H](CO)C(=O)NCC(=O)N[C@@H](CCCN=C(N)N)C(=O)N[C@@H](CCSC)C(=O)O. The van der Waals surface area contributed by atoms with Gasteiger partial charge in [0.15, 0.2) is 5.96 Å². The second-order valence-corrected chi connectivity index (χ2v) is 21.6. The molecule has 1 rings (SSSR count). The molecule has 1 aromatic rings. The molecule has 1 aromatic carbocycles. The maximum absolute atomic E-state index is 14.0. The van der Waals surface area contributed by atoms with Crippen molar-refractivity contribution in [3.8, 4) is 0 Å². The van der Waals surface area contributed by atoms with E-state index in [9.17, 15) is 78.0 Å². The standard InChI is InChI=1S/C51H85N15O16S2/c1-7-27(4)40(66-47(78)36(25-69)65-44(75)32(20-28-12-9-8-10-13-28)61-48(79)39(53)26(2)3)49(80)62-33(21-37(52)70)45(76)64-35(24-68)46(77)59-30(15-18-83-5)43(74)63-34(23-67)41(72)57-22-38(71)58-29(14-11-17-56-51(54)55)42(73)60-31(50(81)82)16-19-84-6/h8-10,12-13,26-27,29-36,39-40,67-69H,7,11,14-25,53H2,1-6H3,(H2,52,70)(H,57,72)(H,58,71)(H,59,77)(H,60,73)(H,61,79)(H,62,80)(H,63,74)(H,64,76)(H,65,75)(H,66,78)(H,81,82)(H4,54,55,56)/t27-,29-,30-,31-,32-,33-,34-,35-,36-,39-,40-/m0/s1. The van der Waals surface area contributed by atoms with Crippen LogP contribution in [0.4, 0.5) is 0 Å². The van der Waals surface area contributed by atoms with Gasteiger partial charge in [-0.25, -0.2) is 4.79 Å². The zero-order valence-corrected chi connectivity index (χ0v) is 49.6. The fraction of sp³-hybridized carbons (Fsp3) is 0.627. The van der Waals surface area contributed by atoms with Gasteiger partial charge >= 0.3 is 5.97 Å². The lowest BCUT2D eigenvalue weighted by atomic mass is 9.97. The van der Waals surface area contributed by atoms with Crippen LogP contribution in [0.15, 0.2) is 35.3 Å². The first-order valence-corrected chi connectivity index (χ1v) is 29.6. The van der Waals surface area contributed by atoms with Crippen LogP contribution in [-0.4, -0.2) is 215 Å². The number of aliphatic hydroxyl groups excluding tert-OH is 3. The summed E-state index contributed by atoms with van der Waals surface area (Å²) in [5.41, 5.74) is 22.8. The number of carbonyl (C=O) groups excluding carboxylic acids is 11. The quantitative estimate of drug-likeness (QED) is 0.0165. The topological polar surface area (TPSA) is 522 Å². The lowest BCUT2D eigenvalue weighted by Gasteiger charge is -2.29. The average molecular weight is 1230 g/mol. The number of carboxylic acids is 1. The summed E-state index contributed by atoms with van der Waals surface area (Å²) in [4.78, 5) is 163. The summed E-state index contributed by atoms with van der Waals surface area (Å²) in [5, 5.41) is 63.9. The van der Waals surface area contributed by atoms with E-state index in [1.54, 1.807) is 70.5 Å². The van der Waals surface area contributed by atoms with Crippen molar-refractivity contribution < 1.29 is 78.0 Å². The van der Waals surface area contributed by atoms with Crippen molar-refractivity contribution in [3.05, 3.63) is 35.9 Å². The van der Waals surface area contributed by atoms with E-state index in [4.69, 9.17) is 22.9 Å². The summed E-state index contributed by atoms with van der Waals surface area (Å²) in [5.74, 6) is -13.0. The van der Waals surface area contributed by atoms with Crippen molar-refractivity contribution in [3.63, 3.8) is 0 Å². The predicted octanol–water partition coefficient (Wildman–Crippen LogP) is -6.77. The van der Waals surface area contributed by atoms with Crippen LogP contribution in [-0.2, 0) is 64.0 Å². The van der Waals surface area contributed by atoms with Gasteiger partial charge in [0.05, 0.1) is 38.8 Å². The number of benzene rings is 1. The first-order valence-electron chi connectivity index (χ1n) is 26.8. The lowest BCUT2D eigenvalue weighted by molar-refractivity contribution is -0.142. The zero-order valence-electron chi connectivity index (χ0n) is 48.0. The van der Waals surface area contributed by atoms with E-state index in [0.717, 1.165) is 0 Å². The maximum atomic E-state index is 14.0. The Hall–Kier alpha value is -7.33. The fourth-order valence-corrected chi connectivity index (χ4v) is 8.45. The minimum Gasteiger partial charge on any atom is -0.480 e. The molecule has 22 N–H and O–H groups in total. The molecule has 0 spiro atoms. The highest BCUT2D eigenvalue weighted by Crippen LogP contribution is 2.12. The van der Waals surface area contributed by atoms with Gasteiger partial charge in [-0.05, 0) is 67.1 Å². The number of hydrogen-bond acceptors (Lipinski definition) is 19. The minimum atomic E-state index is -1.87. The van der Waals surface area contributed by atoms with Crippen LogP contribution in [0.1, 0.15) is 71.8 Å². The largest absolute Gasteiger partial charge is 0.480 e. The first kappa shape index (κ1) is 74.7. The van der Waals surface area contributed by atoms with Gasteiger partial charge in [-0.3, -0.25) is 57.7 Å². The Morgan fingerprint density at radius 3 is 1.48 bits per heavy atom. The molecule has 472 valence electrons. The molecule has 0 aliphatic carbocycles. The summed E-state index contributed by atoms with van der Waals surface area (Å²) in [7, 11) is 0. The number of aliphatic imine (C=N–C) groups is 1. The highest BCUT2D eigenvalue weighted by molar-refractivity contribution is 7.98. The first-order chi connectivity index (χ1) is 39.7. The van der Waals surface area contributed by atoms with Crippen LogP contribution in [0, 0.1) is 11.8 Å². The maximum Gasteiger partial charge on any atom is 0.326 e. The van der Waals surface area contributed by atoms with E-state index < -0.39 is 170 Å². The molecule has 33 heteroatoms. The molecule has 84 heavy (non-hydrogen) atoms. The second kappa shape index (κ2) is 40.0. The number of carbonyl (C=O) groups is 12. The van der Waals surface area contributed by atoms with Crippen LogP contribution in [0.2, 0.25) is 0 Å². The van der Waals surface area contributed by atoms with Crippen molar-refractivity contribution >= 4 is 100 Å². The molecule has 0 heterocycles. The van der Waals surface area contributed by atoms with Gasteiger partial charge in [-0.15, -0.1) is 0 Å². The van der Waals surface area contributed by atoms with Crippen LogP contribution in [0.25, 0.3) is 0 Å². The lowest BCUT2D eigenvalue weighted by Crippen LogP contribution is -2.62. The van der Waals surface area contributed by atoms with Crippen molar-refractivity contribution in [2.75, 3.05) is 56.9 Å². The van der Waals surface area contributed by atoms with Gasteiger partial charge in [-0.1, -0.05) is 64.4 Å². The monoisotopic (exact) mass is 1230 g/mol. The smallest absolute Gasteiger partial charge is 0.326 e. The van der Waals surface area contributed by atoms with Crippen molar-refractivity contribution in [2.24, 2.45) is 39.8 Å². The fourth-order valence-electron chi connectivity index (χ4n) is 7.51. The molecule has 0 aromatic heterocycles. The average Bonchev–Trinajstić information content (AvgIpc) is 3.48. The summed E-state index contributed by atoms with van der Waals surface area (Å²) < 4.78 is 0. The van der Waals surface area contributed by atoms with Crippen molar-refractivity contribution in [1.29, 1.82) is 0 Å². The number of rotatable bonds is 41. The number of carboxylic acid groups (broad SMARTS) is 1. The van der Waals surface area contributed by atoms with E-state index in [1.165, 1.54) is 23.5 Å². The molecule has 11 amide bonds. The van der Waals surface area contributed by atoms with Gasteiger partial charge < -0.3 is 96.5 Å². The Kier molecular flexibility index (Phi) is 35.6. The number of guanidine groups is 1. The minimum absolute atomic E-state index is 0.0348. The predicted molar refractivity (Wildman–Crippen MR) is 311 cm³/mol. The normalized spacial score (nSPS) is 14.9. The van der Waals surface area contributed by atoms with Gasteiger partial charge in [-0.2, -0.15) is 23.5 Å². The van der Waals surface area contributed by atoms with E-state index >= 15 is 0 Å². The summed E-state index contributed by atoms with van der Waals surface area (Å²) in [6.07, 6.45) is 2.79. The summed E-state index contributed by atoms with van der Waals surface area (Å²) >= 11 is 2.59. The molecule has 0 aliphatic rings. The molecule has 31 nitrogen and oxygen atoms in total. The molecule has 0 unspecified atom stereocenters. The molecule has 0 bridgehead atoms. The number of nitrogens with two attached hydrogens (primary N) is 4. The third-order valence-electron chi connectivity index (χ3n) is 12.7. The number of primary amides is 1. The Morgan fingerprint density at radius 2 is 0.988 bits per heavy atom. The molecule has 0 saturated heterocycles. The van der Waals surface area contributed by atoms with E-state index in [0.29, 0.717) is 11.3 Å². The van der Waals surface area contributed by atoms with Crippen molar-refractivity contribution in [2.45, 2.75) is 133 Å². The number of aliphatic hydroxyl groups is 3. The van der Waals surface area contributed by atoms with Crippen LogP contribution in [0.3, 0.4) is 0 Å². The molecule has 0 radical (unpaired) electrons. The van der Waals surface area contributed by atoms with Gasteiger partial charge in [0.1, 0.15) is 54.4 Å². The molecule has 0 aliphatic heterocycles. The Morgan fingerprint density at radius 1 is 0.548 bits per heavy atom. The number of nitrogens with one attached hydrogen (secondary N) is 10. The Labute approximate surface area is 495 Å². The van der Waals surface area contributed by atoms with Crippen molar-refractivity contribution in [1.82, 2.24) is 53.2 Å². The van der Waals surface area contributed by atoms with E-state index in [1.807, 2.05) is 0 Å². The zero-order chi connectivity index (χ0) is 63.6. The molecular formula is C51H85N15O16S2. The number of aliphatic carboxylic acids is 1. The van der Waals surface area contributed by atoms with Crippen LogP contribution in [0.5, 0.6) is 0 Å². The van der Waals surface area contributed by atoms with Gasteiger partial charge in [0.2, 0.25) is 65.0 Å². The van der Waals surface area contributed by atoms with Gasteiger partial charge in [0, 0.05) is 13.0 Å². The number of thioether (sulfide) groups is 2. The highest BCUT2D eigenvalue weighted by atomic mass is 32.2. The molecular weight excluding hydrogens is 1140 g/mol. The number of nitrogens with zero attached hydrogens (tertiary/aromatic N) is 1. The molecule has 0 fully saturated rings. The third kappa shape index (κ3) is 27.8. The highest BCUT2D eigenvalue weighted by Gasteiger charge is 2.37. The third-order valence-corrected chi connectivity index (χ3v) is 14.0. The number of amides is 11. The van der Waals surface area contributed by atoms with Crippen LogP contribution >= 0.6 is 23.5 Å².